The van der Waals surface area contributed by atoms with Gasteiger partial charge in [0.25, 0.3) is 0 Å². The molecule has 0 spiro atoms. The van der Waals surface area contributed by atoms with Gasteiger partial charge < -0.3 is 4.57 Å². The van der Waals surface area contributed by atoms with Crippen LogP contribution in [0.5, 0.6) is 0 Å². The second-order valence-corrected chi connectivity index (χ2v) is 10.5. The summed E-state index contributed by atoms with van der Waals surface area (Å²) in [6, 6.07) is 0. The summed E-state index contributed by atoms with van der Waals surface area (Å²) in [5.41, 5.74) is 0. The second-order valence-electron chi connectivity index (χ2n) is 3.32. The van der Waals surface area contributed by atoms with Gasteiger partial charge in [0.15, 0.2) is 0 Å². The highest BCUT2D eigenvalue weighted by molar-refractivity contribution is 7.76. The lowest BCUT2D eigenvalue weighted by molar-refractivity contribution is 0.558. The molecule has 68 valence electrons. The molecule has 0 aromatic rings. The minimum atomic E-state index is -2.11. The van der Waals surface area contributed by atoms with E-state index in [0.29, 0.717) is 0 Å². The maximum atomic E-state index is 11.6. The van der Waals surface area contributed by atoms with E-state index >= 15 is 0 Å². The number of rotatable bonds is 2. The molecule has 5 heteroatoms. The van der Waals surface area contributed by atoms with Crippen molar-refractivity contribution in [2.45, 2.75) is 0 Å². The van der Waals surface area contributed by atoms with Crippen LogP contribution in [0.25, 0.3) is 0 Å². The lowest BCUT2D eigenvalue weighted by atomic mass is 11.6. The molecule has 0 saturated heterocycles. The third kappa shape index (κ3) is 3.11. The van der Waals surface area contributed by atoms with E-state index in [1.165, 1.54) is 0 Å². The normalized spacial score (nSPS) is 13.7. The largest absolute Gasteiger partial charge is 0.307 e. The maximum Gasteiger partial charge on any atom is 0.148 e. The van der Waals surface area contributed by atoms with Gasteiger partial charge in [-0.15, -0.1) is 0 Å². The predicted molar refractivity (Wildman–Crippen MR) is 54.3 cm³/mol. The van der Waals surface area contributed by atoms with Gasteiger partial charge in [0.2, 0.25) is 0 Å². The Balaban J connectivity index is 4.79. The summed E-state index contributed by atoms with van der Waals surface area (Å²) in [5, 5.41) is 0. The van der Waals surface area contributed by atoms with Crippen LogP contribution in [0.1, 0.15) is 0 Å². The summed E-state index contributed by atoms with van der Waals surface area (Å²) in [7, 11) is 0.135. The van der Waals surface area contributed by atoms with Crippen molar-refractivity contribution in [3.63, 3.8) is 0 Å². The van der Waals surface area contributed by atoms with E-state index in [2.05, 4.69) is 18.1 Å². The first-order valence-corrected chi connectivity index (χ1v) is 8.61. The van der Waals surface area contributed by atoms with Crippen LogP contribution in [-0.4, -0.2) is 45.2 Å². The minimum absolute atomic E-state index is 1.44. The van der Waals surface area contributed by atoms with E-state index in [4.69, 9.17) is 0 Å². The fraction of sp³-hybridized carbons (Fsp3) is 1.00. The molecule has 0 rings (SSSR count). The molecular weight excluding hydrogens is 178 g/mol. The summed E-state index contributed by atoms with van der Waals surface area (Å²) in [6.07, 6.45) is 0. The SMILES string of the molecule is CN=P(C)(C)N(C)P(C)(C)=O. The molecule has 0 aromatic carbocycles. The van der Waals surface area contributed by atoms with E-state index in [9.17, 15) is 4.57 Å². The lowest BCUT2D eigenvalue weighted by Gasteiger charge is -2.29. The summed E-state index contributed by atoms with van der Waals surface area (Å²) < 4.78 is 17.8. The Hall–Kier alpha value is 0.420. The molecule has 0 aliphatic carbocycles. The standard InChI is InChI=1S/C6H18N2OP2/c1-7-10(3,4)8(2)11(5,6)9/h1-6H3. The molecule has 0 aliphatic heterocycles. The molecule has 0 saturated carbocycles. The van der Waals surface area contributed by atoms with Crippen molar-refractivity contribution in [2.75, 3.05) is 40.8 Å². The van der Waals surface area contributed by atoms with Gasteiger partial charge in [-0.3, -0.25) is 4.74 Å². The Bertz CT molecular complexity index is 225. The van der Waals surface area contributed by atoms with Crippen LogP contribution in [0.3, 0.4) is 0 Å². The highest BCUT2D eigenvalue weighted by Gasteiger charge is 2.22. The van der Waals surface area contributed by atoms with Gasteiger partial charge in [-0.25, -0.2) is 4.44 Å². The van der Waals surface area contributed by atoms with Crippen molar-refractivity contribution >= 4 is 14.5 Å². The van der Waals surface area contributed by atoms with Crippen molar-refractivity contribution in [1.82, 2.24) is 4.44 Å². The van der Waals surface area contributed by atoms with Crippen molar-refractivity contribution < 1.29 is 4.57 Å². The molecule has 0 fully saturated rings. The average Bonchev–Trinajstić information content (AvgIpc) is 1.84. The summed E-state index contributed by atoms with van der Waals surface area (Å²) in [4.78, 5) is 0. The zero-order valence-corrected chi connectivity index (χ0v) is 9.99. The van der Waals surface area contributed by atoms with E-state index in [0.717, 1.165) is 0 Å². The van der Waals surface area contributed by atoms with Gasteiger partial charge in [0.05, 0.1) is 0 Å². The maximum absolute atomic E-state index is 11.6. The Labute approximate surface area is 69.7 Å². The average molecular weight is 196 g/mol. The quantitative estimate of drug-likeness (QED) is 0.635. The first-order chi connectivity index (χ1) is 4.72. The predicted octanol–water partition coefficient (Wildman–Crippen LogP) is 2.46. The zero-order valence-electron chi connectivity index (χ0n) is 8.20. The summed E-state index contributed by atoms with van der Waals surface area (Å²) >= 11 is 0. The fourth-order valence-corrected chi connectivity index (χ4v) is 5.37. The number of hydrogen-bond donors (Lipinski definition) is 0. The van der Waals surface area contributed by atoms with Crippen molar-refractivity contribution in [3.05, 3.63) is 0 Å². The van der Waals surface area contributed by atoms with Crippen LogP contribution < -0.4 is 0 Å². The molecule has 0 radical (unpaired) electrons. The molecule has 0 amide bonds. The van der Waals surface area contributed by atoms with E-state index in [1.807, 2.05) is 11.5 Å². The van der Waals surface area contributed by atoms with Crippen LogP contribution in [0.4, 0.5) is 0 Å². The van der Waals surface area contributed by atoms with Crippen LogP contribution in [-0.2, 0) is 4.57 Å². The van der Waals surface area contributed by atoms with Crippen molar-refractivity contribution in [3.8, 4) is 0 Å². The summed E-state index contributed by atoms with van der Waals surface area (Å²) in [5.74, 6) is 0. The van der Waals surface area contributed by atoms with Gasteiger partial charge in [0.1, 0.15) is 7.29 Å². The lowest BCUT2D eigenvalue weighted by Crippen LogP contribution is -2.09. The zero-order chi connectivity index (χ0) is 9.28. The van der Waals surface area contributed by atoms with Crippen LogP contribution in [0.2, 0.25) is 0 Å². The monoisotopic (exact) mass is 196 g/mol. The Morgan fingerprint density at radius 3 is 1.64 bits per heavy atom. The van der Waals surface area contributed by atoms with Gasteiger partial charge in [0, 0.05) is 27.6 Å². The molecular formula is C6H18N2OP2. The third-order valence-corrected chi connectivity index (χ3v) is 8.29. The molecule has 0 bridgehead atoms. The van der Waals surface area contributed by atoms with Gasteiger partial charge >= 0.3 is 0 Å². The van der Waals surface area contributed by atoms with Crippen LogP contribution >= 0.6 is 14.5 Å². The molecule has 0 atom stereocenters. The van der Waals surface area contributed by atoms with Crippen LogP contribution in [0, 0.1) is 0 Å². The van der Waals surface area contributed by atoms with E-state index in [-0.39, 0.29) is 0 Å². The first-order valence-electron chi connectivity index (χ1n) is 3.47. The molecule has 0 aromatic heterocycles. The second kappa shape index (κ2) is 3.43. The molecule has 0 N–H and O–H groups in total. The van der Waals surface area contributed by atoms with E-state index < -0.39 is 14.5 Å². The van der Waals surface area contributed by atoms with Gasteiger partial charge in [-0.2, -0.15) is 0 Å². The summed E-state index contributed by atoms with van der Waals surface area (Å²) in [6.45, 7) is 7.68. The Morgan fingerprint density at radius 2 is 1.55 bits per heavy atom. The Kier molecular flexibility index (Phi) is 3.56. The highest BCUT2D eigenvalue weighted by Crippen LogP contribution is 2.59. The van der Waals surface area contributed by atoms with Crippen molar-refractivity contribution in [1.29, 1.82) is 0 Å². The van der Waals surface area contributed by atoms with E-state index in [1.54, 1.807) is 20.4 Å². The molecule has 0 aliphatic rings. The van der Waals surface area contributed by atoms with Gasteiger partial charge in [-0.1, -0.05) is 0 Å². The fourth-order valence-electron chi connectivity index (χ4n) is 0.657. The minimum Gasteiger partial charge on any atom is -0.307 e. The van der Waals surface area contributed by atoms with Gasteiger partial charge in [-0.05, 0) is 20.4 Å². The number of nitrogens with zero attached hydrogens (tertiary/aromatic N) is 2. The molecule has 11 heavy (non-hydrogen) atoms. The third-order valence-electron chi connectivity index (χ3n) is 1.89. The topological polar surface area (TPSA) is 32.7 Å². The van der Waals surface area contributed by atoms with Crippen LogP contribution in [0.15, 0.2) is 4.74 Å². The smallest absolute Gasteiger partial charge is 0.148 e. The Morgan fingerprint density at radius 1 is 1.18 bits per heavy atom. The molecule has 0 unspecified atom stereocenters. The van der Waals surface area contributed by atoms with Crippen molar-refractivity contribution in [2.24, 2.45) is 4.74 Å². The molecule has 0 heterocycles. The number of hydrogen-bond acceptors (Lipinski definition) is 2. The molecule has 3 nitrogen and oxygen atoms in total. The highest BCUT2D eigenvalue weighted by atomic mass is 31.2. The first kappa shape index (κ1) is 11.4.